The Balaban J connectivity index is 1.53. The normalized spacial score (nSPS) is 14.7. The fraction of sp³-hybridized carbons (Fsp3) is 0.222. The molecule has 2 amide bonds. The SMILES string of the molecule is COc1cc(/C=C2/SC(=O)N(CC(=O)OC(C)C)C2=O)cc(Cl)c1OCc1cccc2ccccc12. The molecular formula is C27H24ClNO6S. The molecule has 0 saturated carbocycles. The number of benzene rings is 3. The second-order valence-electron chi connectivity index (χ2n) is 8.27. The number of esters is 1. The number of ether oxygens (including phenoxy) is 3. The zero-order valence-electron chi connectivity index (χ0n) is 19.9. The van der Waals surface area contributed by atoms with E-state index in [-0.39, 0.29) is 17.6 Å². The number of hydrogen-bond donors (Lipinski definition) is 0. The minimum Gasteiger partial charge on any atom is -0.493 e. The summed E-state index contributed by atoms with van der Waals surface area (Å²) in [6.07, 6.45) is 1.19. The van der Waals surface area contributed by atoms with Crippen LogP contribution in [0.15, 0.2) is 59.5 Å². The summed E-state index contributed by atoms with van der Waals surface area (Å²) in [4.78, 5) is 38.0. The van der Waals surface area contributed by atoms with Crippen LogP contribution in [-0.4, -0.2) is 41.8 Å². The third-order valence-corrected chi connectivity index (χ3v) is 6.52. The Kier molecular flexibility index (Phi) is 7.86. The molecule has 186 valence electrons. The van der Waals surface area contributed by atoms with Gasteiger partial charge in [0.05, 0.1) is 23.1 Å². The maximum Gasteiger partial charge on any atom is 0.326 e. The highest BCUT2D eigenvalue weighted by atomic mass is 35.5. The molecule has 0 unspecified atom stereocenters. The Morgan fingerprint density at radius 1 is 1.11 bits per heavy atom. The first-order valence-corrected chi connectivity index (χ1v) is 12.4. The third-order valence-electron chi connectivity index (χ3n) is 5.33. The fourth-order valence-corrected chi connectivity index (χ4v) is 4.86. The number of fused-ring (bicyclic) bond motifs is 1. The second-order valence-corrected chi connectivity index (χ2v) is 9.67. The van der Waals surface area contributed by atoms with Crippen molar-refractivity contribution in [3.05, 3.63) is 75.7 Å². The number of imide groups is 1. The number of amides is 2. The predicted octanol–water partition coefficient (Wildman–Crippen LogP) is 6.07. The first-order chi connectivity index (χ1) is 17.3. The van der Waals surface area contributed by atoms with E-state index in [9.17, 15) is 14.4 Å². The number of carbonyl (C=O) groups excluding carboxylic acids is 3. The van der Waals surface area contributed by atoms with Crippen LogP contribution in [0.2, 0.25) is 5.02 Å². The van der Waals surface area contributed by atoms with Crippen LogP contribution < -0.4 is 9.47 Å². The van der Waals surface area contributed by atoms with E-state index in [0.29, 0.717) is 22.1 Å². The second kappa shape index (κ2) is 11.1. The highest BCUT2D eigenvalue weighted by Gasteiger charge is 2.37. The van der Waals surface area contributed by atoms with Gasteiger partial charge in [0.25, 0.3) is 11.1 Å². The molecule has 1 aliphatic rings. The number of methoxy groups -OCH3 is 1. The fourth-order valence-electron chi connectivity index (χ4n) is 3.75. The van der Waals surface area contributed by atoms with E-state index in [1.807, 2.05) is 42.5 Å². The molecule has 0 spiro atoms. The maximum atomic E-state index is 12.7. The Morgan fingerprint density at radius 2 is 1.86 bits per heavy atom. The van der Waals surface area contributed by atoms with Crippen LogP contribution in [-0.2, 0) is 20.9 Å². The average molecular weight is 526 g/mol. The summed E-state index contributed by atoms with van der Waals surface area (Å²) in [6, 6.07) is 17.3. The van der Waals surface area contributed by atoms with Crippen molar-refractivity contribution in [2.45, 2.75) is 26.6 Å². The van der Waals surface area contributed by atoms with Crippen LogP contribution in [0.4, 0.5) is 4.79 Å². The van der Waals surface area contributed by atoms with E-state index in [1.54, 1.807) is 26.0 Å². The van der Waals surface area contributed by atoms with Gasteiger partial charge in [-0.25, -0.2) is 0 Å². The average Bonchev–Trinajstić information content (AvgIpc) is 3.09. The summed E-state index contributed by atoms with van der Waals surface area (Å²) in [5.74, 6) is -0.467. The van der Waals surface area contributed by atoms with Crippen molar-refractivity contribution in [3.63, 3.8) is 0 Å². The molecule has 0 atom stereocenters. The summed E-state index contributed by atoms with van der Waals surface area (Å²) in [5.41, 5.74) is 1.55. The van der Waals surface area contributed by atoms with Crippen molar-refractivity contribution < 1.29 is 28.6 Å². The van der Waals surface area contributed by atoms with Crippen molar-refractivity contribution in [1.82, 2.24) is 4.90 Å². The van der Waals surface area contributed by atoms with Crippen molar-refractivity contribution >= 4 is 57.3 Å². The van der Waals surface area contributed by atoms with Crippen LogP contribution in [0.25, 0.3) is 16.8 Å². The molecule has 1 saturated heterocycles. The lowest BCUT2D eigenvalue weighted by Crippen LogP contribution is -2.35. The van der Waals surface area contributed by atoms with Gasteiger partial charge in [-0.05, 0) is 65.7 Å². The molecule has 3 aromatic rings. The number of halogens is 1. The van der Waals surface area contributed by atoms with E-state index < -0.39 is 23.7 Å². The quantitative estimate of drug-likeness (QED) is 0.261. The van der Waals surface area contributed by atoms with Crippen molar-refractivity contribution in [3.8, 4) is 11.5 Å². The first kappa shape index (κ1) is 25.6. The van der Waals surface area contributed by atoms with E-state index in [0.717, 1.165) is 33.0 Å². The van der Waals surface area contributed by atoms with Gasteiger partial charge < -0.3 is 14.2 Å². The van der Waals surface area contributed by atoms with Crippen LogP contribution in [0.3, 0.4) is 0 Å². The van der Waals surface area contributed by atoms with E-state index >= 15 is 0 Å². The van der Waals surface area contributed by atoms with E-state index in [4.69, 9.17) is 25.8 Å². The molecule has 3 aromatic carbocycles. The molecule has 9 heteroatoms. The Morgan fingerprint density at radius 3 is 2.61 bits per heavy atom. The zero-order valence-corrected chi connectivity index (χ0v) is 21.5. The highest BCUT2D eigenvalue weighted by Crippen LogP contribution is 2.39. The molecule has 0 radical (unpaired) electrons. The summed E-state index contributed by atoms with van der Waals surface area (Å²) in [6.45, 7) is 3.23. The summed E-state index contributed by atoms with van der Waals surface area (Å²) in [5, 5.41) is 1.94. The van der Waals surface area contributed by atoms with E-state index in [1.165, 1.54) is 13.2 Å². The molecule has 0 bridgehead atoms. The van der Waals surface area contributed by atoms with Crippen LogP contribution in [0.5, 0.6) is 11.5 Å². The molecule has 0 aromatic heterocycles. The Hall–Kier alpha value is -3.49. The van der Waals surface area contributed by atoms with Gasteiger partial charge in [0.15, 0.2) is 11.5 Å². The summed E-state index contributed by atoms with van der Waals surface area (Å²) in [7, 11) is 1.49. The molecule has 1 heterocycles. The zero-order chi connectivity index (χ0) is 25.8. The van der Waals surface area contributed by atoms with E-state index in [2.05, 4.69) is 0 Å². The highest BCUT2D eigenvalue weighted by molar-refractivity contribution is 8.18. The largest absolute Gasteiger partial charge is 0.493 e. The topological polar surface area (TPSA) is 82.1 Å². The molecule has 1 fully saturated rings. The molecule has 36 heavy (non-hydrogen) atoms. The number of hydrogen-bond acceptors (Lipinski definition) is 7. The summed E-state index contributed by atoms with van der Waals surface area (Å²) < 4.78 is 16.6. The molecule has 1 aliphatic heterocycles. The lowest BCUT2D eigenvalue weighted by molar-refractivity contribution is -0.149. The smallest absolute Gasteiger partial charge is 0.326 e. The predicted molar refractivity (Wildman–Crippen MR) is 140 cm³/mol. The van der Waals surface area contributed by atoms with Gasteiger partial charge in [-0.3, -0.25) is 19.3 Å². The number of thioether (sulfide) groups is 1. The minimum atomic E-state index is -0.647. The van der Waals surface area contributed by atoms with Crippen LogP contribution in [0, 0.1) is 0 Å². The number of nitrogens with zero attached hydrogens (tertiary/aromatic N) is 1. The van der Waals surface area contributed by atoms with Crippen molar-refractivity contribution in [2.75, 3.05) is 13.7 Å². The number of rotatable bonds is 8. The Labute approximate surface area is 218 Å². The van der Waals surface area contributed by atoms with Gasteiger partial charge >= 0.3 is 5.97 Å². The standard InChI is InChI=1S/C27H24ClNO6S/c1-16(2)35-24(30)14-29-26(31)23(36-27(29)32)13-17-11-21(28)25(22(12-17)33-3)34-15-19-9-6-8-18-7-4-5-10-20(18)19/h4-13,16H,14-15H2,1-3H3/b23-13+. The van der Waals surface area contributed by atoms with Crippen LogP contribution >= 0.6 is 23.4 Å². The van der Waals surface area contributed by atoms with Crippen LogP contribution in [0.1, 0.15) is 25.0 Å². The molecule has 7 nitrogen and oxygen atoms in total. The first-order valence-electron chi connectivity index (χ1n) is 11.2. The molecular weight excluding hydrogens is 502 g/mol. The molecule has 0 aliphatic carbocycles. The van der Waals surface area contributed by atoms with Crippen molar-refractivity contribution in [1.29, 1.82) is 0 Å². The number of carbonyl (C=O) groups is 3. The lowest BCUT2D eigenvalue weighted by Gasteiger charge is -2.15. The monoisotopic (exact) mass is 525 g/mol. The van der Waals surface area contributed by atoms with Gasteiger partial charge in [0, 0.05) is 0 Å². The molecule has 0 N–H and O–H groups in total. The maximum absolute atomic E-state index is 12.7. The lowest BCUT2D eigenvalue weighted by atomic mass is 10.1. The van der Waals surface area contributed by atoms with Gasteiger partial charge in [0.1, 0.15) is 13.2 Å². The third kappa shape index (κ3) is 5.66. The van der Waals surface area contributed by atoms with Crippen molar-refractivity contribution in [2.24, 2.45) is 0 Å². The minimum absolute atomic E-state index is 0.167. The van der Waals surface area contributed by atoms with Gasteiger partial charge in [-0.1, -0.05) is 54.1 Å². The summed E-state index contributed by atoms with van der Waals surface area (Å²) >= 11 is 7.27. The van der Waals surface area contributed by atoms with Gasteiger partial charge in [-0.15, -0.1) is 0 Å². The Bertz CT molecular complexity index is 1360. The van der Waals surface area contributed by atoms with Gasteiger partial charge in [0.2, 0.25) is 0 Å². The molecule has 4 rings (SSSR count). The van der Waals surface area contributed by atoms with Gasteiger partial charge in [-0.2, -0.15) is 0 Å².